The van der Waals surface area contributed by atoms with Gasteiger partial charge in [-0.15, -0.1) is 5.10 Å². The van der Waals surface area contributed by atoms with Crippen molar-refractivity contribution in [2.75, 3.05) is 38.8 Å². The van der Waals surface area contributed by atoms with Gasteiger partial charge in [0, 0.05) is 31.5 Å². The fraction of sp³-hybridized carbons (Fsp3) is 0.541. The highest BCUT2D eigenvalue weighted by Gasteiger charge is 2.37. The van der Waals surface area contributed by atoms with E-state index < -0.39 is 71.4 Å². The highest BCUT2D eigenvalue weighted by atomic mass is 16.5. The van der Waals surface area contributed by atoms with Crippen molar-refractivity contribution in [1.29, 1.82) is 0 Å². The van der Waals surface area contributed by atoms with Gasteiger partial charge in [-0.25, -0.2) is 9.48 Å². The molecule has 2 aromatic rings. The van der Waals surface area contributed by atoms with Crippen molar-refractivity contribution >= 4 is 47.2 Å². The average Bonchev–Trinajstić information content (AvgIpc) is 3.74. The third-order valence-corrected chi connectivity index (χ3v) is 8.40. The molecule has 3 atom stereocenters. The molecule has 0 aliphatic carbocycles. The Kier molecular flexibility index (Phi) is 17.1. The fourth-order valence-electron chi connectivity index (χ4n) is 5.29. The van der Waals surface area contributed by atoms with Crippen LogP contribution in [0.1, 0.15) is 71.2 Å². The number of methoxy groups -OCH3 is 1. The topological polar surface area (TPSA) is 255 Å². The second kappa shape index (κ2) is 21.4. The van der Waals surface area contributed by atoms with Gasteiger partial charge in [0.2, 0.25) is 17.7 Å². The smallest absolute Gasteiger partial charge is 0.312 e. The number of nitrogens with zero attached hydrogens (tertiary/aromatic N) is 4. The molecule has 19 nitrogen and oxygen atoms in total. The molecule has 0 saturated heterocycles. The maximum Gasteiger partial charge on any atom is 0.312 e. The number of esters is 1. The lowest BCUT2D eigenvalue weighted by Crippen LogP contribution is -2.55. The monoisotopic (exact) mass is 783 g/mol. The lowest BCUT2D eigenvalue weighted by molar-refractivity contribution is -0.154. The van der Waals surface area contributed by atoms with Gasteiger partial charge in [-0.2, -0.15) is 0 Å². The molecule has 2 heterocycles. The van der Waals surface area contributed by atoms with Crippen molar-refractivity contribution in [3.8, 4) is 0 Å². The molecule has 1 aromatic carbocycles. The summed E-state index contributed by atoms with van der Waals surface area (Å²) in [4.78, 5) is 90.5. The number of nitrogens with two attached hydrogens (primary N) is 1. The molecule has 0 bridgehead atoms. The Morgan fingerprint density at radius 2 is 1.61 bits per heavy atom. The maximum atomic E-state index is 13.7. The number of nitrogens with one attached hydrogen (secondary N) is 4. The molecule has 0 radical (unpaired) electrons. The molecule has 1 aliphatic rings. The molecule has 306 valence electrons. The largest absolute Gasteiger partial charge is 0.460 e. The van der Waals surface area contributed by atoms with Crippen LogP contribution in [0.2, 0.25) is 0 Å². The normalized spacial score (nSPS) is 14.3. The first kappa shape index (κ1) is 44.7. The number of rotatable bonds is 22. The van der Waals surface area contributed by atoms with Gasteiger partial charge in [-0.1, -0.05) is 31.2 Å². The summed E-state index contributed by atoms with van der Waals surface area (Å²) >= 11 is 0. The molecule has 19 heteroatoms. The minimum Gasteiger partial charge on any atom is -0.460 e. The van der Waals surface area contributed by atoms with Gasteiger partial charge in [-0.05, 0) is 57.2 Å². The third-order valence-electron chi connectivity index (χ3n) is 8.40. The van der Waals surface area contributed by atoms with E-state index in [0.29, 0.717) is 31.0 Å². The molecule has 3 rings (SSSR count). The average molecular weight is 784 g/mol. The number of anilines is 1. The molecular weight excluding hydrogens is 730 g/mol. The first-order chi connectivity index (χ1) is 26.5. The van der Waals surface area contributed by atoms with Crippen molar-refractivity contribution < 1.29 is 47.8 Å². The van der Waals surface area contributed by atoms with Gasteiger partial charge in [0.25, 0.3) is 11.8 Å². The second-order valence-corrected chi connectivity index (χ2v) is 14.4. The Balaban J connectivity index is 1.72. The van der Waals surface area contributed by atoms with Gasteiger partial charge in [0.1, 0.15) is 24.4 Å². The lowest BCUT2D eigenvalue weighted by Gasteiger charge is -2.27. The summed E-state index contributed by atoms with van der Waals surface area (Å²) in [6.45, 7) is 10.2. The van der Waals surface area contributed by atoms with Crippen LogP contribution in [0.25, 0.3) is 0 Å². The molecule has 0 spiro atoms. The zero-order chi connectivity index (χ0) is 41.4. The summed E-state index contributed by atoms with van der Waals surface area (Å²) < 4.78 is 17.2. The zero-order valence-electron chi connectivity index (χ0n) is 32.7. The quantitative estimate of drug-likeness (QED) is 0.0640. The number of ether oxygens (including phenoxy) is 3. The van der Waals surface area contributed by atoms with Gasteiger partial charge in [0.05, 0.1) is 50.4 Å². The van der Waals surface area contributed by atoms with Crippen molar-refractivity contribution in [2.45, 2.75) is 85.2 Å². The van der Waals surface area contributed by atoms with Crippen molar-refractivity contribution in [1.82, 2.24) is 35.8 Å². The van der Waals surface area contributed by atoms with Crippen molar-refractivity contribution in [3.05, 3.63) is 53.9 Å². The zero-order valence-corrected chi connectivity index (χ0v) is 32.7. The number of benzene rings is 1. The molecule has 7 amide bonds. The second-order valence-electron chi connectivity index (χ2n) is 14.4. The first-order valence-corrected chi connectivity index (χ1v) is 18.2. The van der Waals surface area contributed by atoms with Crippen LogP contribution in [0.15, 0.2) is 42.6 Å². The molecule has 1 aromatic heterocycles. The number of carbonyl (C=O) groups is 7. The van der Waals surface area contributed by atoms with Crippen LogP contribution < -0.4 is 27.0 Å². The van der Waals surface area contributed by atoms with E-state index in [1.54, 1.807) is 66.0 Å². The summed E-state index contributed by atoms with van der Waals surface area (Å²) in [6.07, 6.45) is 3.62. The van der Waals surface area contributed by atoms with E-state index in [9.17, 15) is 33.6 Å². The van der Waals surface area contributed by atoms with Crippen LogP contribution in [0.5, 0.6) is 0 Å². The Morgan fingerprint density at radius 3 is 2.21 bits per heavy atom. The lowest BCUT2D eigenvalue weighted by atomic mass is 9.97. The maximum absolute atomic E-state index is 13.7. The summed E-state index contributed by atoms with van der Waals surface area (Å²) in [5.74, 6) is -4.00. The highest BCUT2D eigenvalue weighted by molar-refractivity contribution is 6.13. The van der Waals surface area contributed by atoms with Gasteiger partial charge in [0.15, 0.2) is 0 Å². The predicted molar refractivity (Wildman–Crippen MR) is 201 cm³/mol. The Labute approximate surface area is 325 Å². The van der Waals surface area contributed by atoms with Crippen LogP contribution >= 0.6 is 0 Å². The van der Waals surface area contributed by atoms with E-state index in [0.717, 1.165) is 17.1 Å². The van der Waals surface area contributed by atoms with Crippen molar-refractivity contribution in [2.24, 2.45) is 17.1 Å². The van der Waals surface area contributed by atoms with Gasteiger partial charge >= 0.3 is 12.0 Å². The number of hydrogen-bond donors (Lipinski definition) is 5. The Hall–Kier alpha value is -5.69. The fourth-order valence-corrected chi connectivity index (χ4v) is 5.29. The molecule has 0 unspecified atom stereocenters. The summed E-state index contributed by atoms with van der Waals surface area (Å²) in [6, 6.07) is 2.50. The Bertz CT molecular complexity index is 1700. The van der Waals surface area contributed by atoms with Crippen LogP contribution in [0, 0.1) is 11.3 Å². The predicted octanol–water partition coefficient (Wildman–Crippen LogP) is 1.10. The third kappa shape index (κ3) is 14.2. The summed E-state index contributed by atoms with van der Waals surface area (Å²) in [7, 11) is 1.56. The van der Waals surface area contributed by atoms with Crippen LogP contribution in [0.4, 0.5) is 10.5 Å². The van der Waals surface area contributed by atoms with Crippen LogP contribution in [-0.2, 0) is 56.1 Å². The number of imide groups is 1. The summed E-state index contributed by atoms with van der Waals surface area (Å²) in [5.41, 5.74) is 5.80. The minimum atomic E-state index is -1.14. The SMILES string of the molecule is COCCOCCn1cc([C@H](CC(=O)N[C@H](C(=O)N[C@@H](CCCNC(N)=O)C(=O)Nc2ccc(COC(=O)C(C)(C)C)cc2)C(C)C)N2C(=O)C=CC2=O)nn1. The number of carbonyl (C=O) groups excluding carboxylic acids is 7. The molecule has 0 saturated carbocycles. The summed E-state index contributed by atoms with van der Waals surface area (Å²) in [5, 5.41) is 18.8. The van der Waals surface area contributed by atoms with E-state index >= 15 is 0 Å². The van der Waals surface area contributed by atoms with Gasteiger partial charge < -0.3 is 41.2 Å². The standard InChI is InChI=1S/C37H53N9O10/c1-23(2)32(42-29(47)20-28(46-30(48)13-14-31(46)49)27-21-45(44-43-27)16-17-55-19-18-54-6)34(51)41-26(8-7-15-39-36(38)53)33(50)40-25-11-9-24(10-12-25)22-56-35(52)37(3,4)5/h9-14,21,23,26,28,32H,7-8,15-20,22H2,1-6H3,(H,40,50)(H,41,51)(H,42,47)(H3,38,39,53)/t26-,28-,32-/m0/s1. The van der Waals surface area contributed by atoms with Crippen molar-refractivity contribution in [3.63, 3.8) is 0 Å². The number of hydrogen-bond acceptors (Lipinski definition) is 12. The van der Waals surface area contributed by atoms with Crippen LogP contribution in [0.3, 0.4) is 0 Å². The van der Waals surface area contributed by atoms with E-state index in [-0.39, 0.29) is 44.3 Å². The van der Waals surface area contributed by atoms with E-state index in [2.05, 4.69) is 31.6 Å². The molecule has 56 heavy (non-hydrogen) atoms. The van der Waals surface area contributed by atoms with Gasteiger partial charge in [-0.3, -0.25) is 33.7 Å². The number of aromatic nitrogens is 3. The minimum absolute atomic E-state index is 0.0474. The molecular formula is C37H53N9O10. The van der Waals surface area contributed by atoms with E-state index in [1.807, 2.05) is 0 Å². The molecule has 1 aliphatic heterocycles. The van der Waals surface area contributed by atoms with Crippen LogP contribution in [-0.4, -0.2) is 107 Å². The number of primary amides is 1. The number of amides is 7. The Morgan fingerprint density at radius 1 is 0.929 bits per heavy atom. The number of urea groups is 1. The first-order valence-electron chi connectivity index (χ1n) is 18.2. The molecule has 0 fully saturated rings. The van der Waals surface area contributed by atoms with E-state index in [1.165, 1.54) is 10.9 Å². The highest BCUT2D eigenvalue weighted by Crippen LogP contribution is 2.26. The molecule has 6 N–H and O–H groups in total. The van der Waals surface area contributed by atoms with E-state index in [4.69, 9.17) is 19.9 Å².